The summed E-state index contributed by atoms with van der Waals surface area (Å²) in [5, 5.41) is 4.75. The molecule has 0 spiro atoms. The lowest BCUT2D eigenvalue weighted by Gasteiger charge is -2.36. The molecule has 0 atom stereocenters. The molecule has 0 fully saturated rings. The SMILES string of the molecule is CC(C)c1cccc(C(C)C)c1N1Cc2cscc2CN(c2c(C(C)C)cccc2C(C)C)P1. The molecule has 0 saturated carbocycles. The Morgan fingerprint density at radius 1 is 0.588 bits per heavy atom. The van der Waals surface area contributed by atoms with Gasteiger partial charge in [0.05, 0.1) is 8.88 Å². The van der Waals surface area contributed by atoms with Crippen molar-refractivity contribution in [2.75, 3.05) is 9.34 Å². The molecule has 182 valence electrons. The second-order valence-corrected chi connectivity index (χ2v) is 12.9. The molecule has 0 saturated heterocycles. The van der Waals surface area contributed by atoms with E-state index in [1.165, 1.54) is 44.8 Å². The summed E-state index contributed by atoms with van der Waals surface area (Å²) in [7, 11) is 0.573. The van der Waals surface area contributed by atoms with Crippen molar-refractivity contribution in [3.63, 3.8) is 0 Å². The van der Waals surface area contributed by atoms with Gasteiger partial charge in [-0.2, -0.15) is 11.3 Å². The van der Waals surface area contributed by atoms with Gasteiger partial charge in [0.2, 0.25) is 0 Å². The van der Waals surface area contributed by atoms with Crippen molar-refractivity contribution < 1.29 is 0 Å². The minimum absolute atomic E-state index is 0.492. The number of rotatable bonds is 6. The van der Waals surface area contributed by atoms with E-state index in [4.69, 9.17) is 0 Å². The van der Waals surface area contributed by atoms with Crippen LogP contribution in [-0.4, -0.2) is 0 Å². The second-order valence-electron chi connectivity index (χ2n) is 10.9. The van der Waals surface area contributed by atoms with E-state index in [2.05, 4.69) is 112 Å². The molecule has 4 rings (SSSR count). The molecular weight excluding hydrogens is 451 g/mol. The third-order valence-corrected chi connectivity index (χ3v) is 9.04. The van der Waals surface area contributed by atoms with Gasteiger partial charge in [-0.1, -0.05) is 91.8 Å². The predicted octanol–water partition coefficient (Wildman–Crippen LogP) is 9.78. The van der Waals surface area contributed by atoms with E-state index in [1.807, 2.05) is 11.3 Å². The van der Waals surface area contributed by atoms with Crippen molar-refractivity contribution in [3.8, 4) is 0 Å². The van der Waals surface area contributed by atoms with E-state index in [1.54, 1.807) is 0 Å². The summed E-state index contributed by atoms with van der Waals surface area (Å²) in [6.45, 7) is 20.7. The first-order chi connectivity index (χ1) is 16.2. The van der Waals surface area contributed by atoms with E-state index in [0.717, 1.165) is 13.1 Å². The molecule has 34 heavy (non-hydrogen) atoms. The largest absolute Gasteiger partial charge is 0.331 e. The molecule has 1 aromatic heterocycles. The van der Waals surface area contributed by atoms with Crippen LogP contribution in [0.25, 0.3) is 0 Å². The Kier molecular flexibility index (Phi) is 7.75. The molecule has 2 aromatic carbocycles. The Labute approximate surface area is 213 Å². The van der Waals surface area contributed by atoms with E-state index in [9.17, 15) is 0 Å². The topological polar surface area (TPSA) is 6.48 Å². The summed E-state index contributed by atoms with van der Waals surface area (Å²) < 4.78 is 5.40. The molecule has 0 amide bonds. The van der Waals surface area contributed by atoms with Crippen LogP contribution in [0.15, 0.2) is 47.2 Å². The third-order valence-electron chi connectivity index (χ3n) is 6.96. The first-order valence-electron chi connectivity index (χ1n) is 12.8. The van der Waals surface area contributed by atoms with Gasteiger partial charge in [-0.3, -0.25) is 0 Å². The van der Waals surface area contributed by atoms with Gasteiger partial charge >= 0.3 is 0 Å². The van der Waals surface area contributed by atoms with Crippen molar-refractivity contribution in [2.24, 2.45) is 0 Å². The highest BCUT2D eigenvalue weighted by atomic mass is 32.1. The van der Waals surface area contributed by atoms with Gasteiger partial charge in [0, 0.05) is 24.5 Å². The minimum atomic E-state index is 0.492. The molecule has 0 radical (unpaired) electrons. The first kappa shape index (κ1) is 25.3. The average molecular weight is 493 g/mol. The molecule has 2 heterocycles. The zero-order valence-electron chi connectivity index (χ0n) is 22.1. The maximum atomic E-state index is 2.70. The van der Waals surface area contributed by atoms with Crippen LogP contribution >= 0.6 is 20.2 Å². The summed E-state index contributed by atoms with van der Waals surface area (Å²) in [5.74, 6) is 1.97. The monoisotopic (exact) mass is 492 g/mol. The van der Waals surface area contributed by atoms with Crippen molar-refractivity contribution in [1.29, 1.82) is 0 Å². The molecule has 2 nitrogen and oxygen atoms in total. The van der Waals surface area contributed by atoms with Crippen molar-refractivity contribution in [3.05, 3.63) is 80.5 Å². The van der Waals surface area contributed by atoms with Crippen molar-refractivity contribution in [2.45, 2.75) is 92.2 Å². The quantitative estimate of drug-likeness (QED) is 0.316. The highest BCUT2D eigenvalue weighted by Crippen LogP contribution is 2.49. The predicted molar refractivity (Wildman–Crippen MR) is 154 cm³/mol. The lowest BCUT2D eigenvalue weighted by Crippen LogP contribution is -2.23. The molecule has 0 unspecified atom stereocenters. The van der Waals surface area contributed by atoms with Gasteiger partial charge in [-0.25, -0.2) is 0 Å². The fourth-order valence-electron chi connectivity index (χ4n) is 5.09. The van der Waals surface area contributed by atoms with Crippen LogP contribution in [0.5, 0.6) is 0 Å². The van der Waals surface area contributed by atoms with Crippen LogP contribution in [0.4, 0.5) is 11.4 Å². The molecular formula is C30H41N2PS. The Bertz CT molecular complexity index is 990. The summed E-state index contributed by atoms with van der Waals surface area (Å²) in [6.07, 6.45) is 0. The molecule has 0 bridgehead atoms. The third kappa shape index (κ3) is 4.93. The van der Waals surface area contributed by atoms with Crippen molar-refractivity contribution >= 4 is 31.6 Å². The lowest BCUT2D eigenvalue weighted by molar-refractivity contribution is 0.821. The smallest absolute Gasteiger partial charge is 0.0805 e. The molecule has 0 N–H and O–H groups in total. The van der Waals surface area contributed by atoms with Gasteiger partial charge < -0.3 is 9.34 Å². The standard InChI is InChI=1S/C30H41N2PS/c1-19(2)25-11-9-12-26(20(3)4)29(25)31-15-23-17-34-18-24(23)16-32(33-31)30-27(21(5)6)13-10-14-28(30)22(7)8/h9-14,17-22,33H,15-16H2,1-8H3. The average Bonchev–Trinajstić information content (AvgIpc) is 3.15. The summed E-state index contributed by atoms with van der Waals surface area (Å²) in [5.41, 5.74) is 11.8. The maximum Gasteiger partial charge on any atom is 0.0805 e. The van der Waals surface area contributed by atoms with Crippen molar-refractivity contribution in [1.82, 2.24) is 0 Å². The van der Waals surface area contributed by atoms with Gasteiger partial charge in [0.1, 0.15) is 0 Å². The van der Waals surface area contributed by atoms with Gasteiger partial charge in [-0.15, -0.1) is 0 Å². The Morgan fingerprint density at radius 2 is 0.912 bits per heavy atom. The molecule has 0 aliphatic carbocycles. The zero-order chi connectivity index (χ0) is 24.6. The maximum absolute atomic E-state index is 2.70. The fourth-order valence-corrected chi connectivity index (χ4v) is 7.43. The Morgan fingerprint density at radius 3 is 1.21 bits per heavy atom. The lowest BCUT2D eigenvalue weighted by atomic mass is 9.92. The minimum Gasteiger partial charge on any atom is -0.331 e. The number of hydrogen-bond acceptors (Lipinski definition) is 3. The van der Waals surface area contributed by atoms with E-state index in [-0.39, 0.29) is 0 Å². The molecule has 1 aliphatic heterocycles. The summed E-state index contributed by atoms with van der Waals surface area (Å²) >= 11 is 1.85. The number of thiophene rings is 1. The highest BCUT2D eigenvalue weighted by Gasteiger charge is 2.29. The normalized spacial score (nSPS) is 14.5. The van der Waals surface area contributed by atoms with Crippen LogP contribution in [0.2, 0.25) is 0 Å². The number of fused-ring (bicyclic) bond motifs is 1. The van der Waals surface area contributed by atoms with E-state index in [0.29, 0.717) is 32.6 Å². The van der Waals surface area contributed by atoms with E-state index < -0.39 is 0 Å². The van der Waals surface area contributed by atoms with Crippen LogP contribution in [-0.2, 0) is 13.1 Å². The van der Waals surface area contributed by atoms with Gasteiger partial charge in [0.25, 0.3) is 0 Å². The Balaban J connectivity index is 1.92. The number of benzene rings is 2. The number of nitrogens with zero attached hydrogens (tertiary/aromatic N) is 2. The van der Waals surface area contributed by atoms with Crippen LogP contribution in [0.1, 0.15) is 112 Å². The van der Waals surface area contributed by atoms with Crippen LogP contribution < -0.4 is 9.34 Å². The van der Waals surface area contributed by atoms with Crippen LogP contribution in [0, 0.1) is 0 Å². The van der Waals surface area contributed by atoms with Gasteiger partial charge in [-0.05, 0) is 67.8 Å². The number of para-hydroxylation sites is 2. The molecule has 4 heteroatoms. The molecule has 3 aromatic rings. The van der Waals surface area contributed by atoms with E-state index >= 15 is 0 Å². The second kappa shape index (κ2) is 10.4. The van der Waals surface area contributed by atoms with Gasteiger partial charge in [0.15, 0.2) is 0 Å². The Hall–Kier alpha value is -1.83. The first-order valence-corrected chi connectivity index (χ1v) is 14.6. The van der Waals surface area contributed by atoms with Crippen LogP contribution in [0.3, 0.4) is 0 Å². The zero-order valence-corrected chi connectivity index (χ0v) is 24.0. The molecule has 1 aliphatic rings. The fraction of sp³-hybridized carbons (Fsp3) is 0.467. The highest BCUT2D eigenvalue weighted by molar-refractivity contribution is 7.42. The summed E-state index contributed by atoms with van der Waals surface area (Å²) in [4.78, 5) is 0. The summed E-state index contributed by atoms with van der Waals surface area (Å²) in [6, 6.07) is 13.9. The number of anilines is 2. The number of hydrogen-bond donors (Lipinski definition) is 0.